The molecule has 4 heteroatoms. The fourth-order valence-corrected chi connectivity index (χ4v) is 6.58. The summed E-state index contributed by atoms with van der Waals surface area (Å²) in [6.45, 7) is 4.51. The normalized spacial score (nSPS) is 12.5. The number of hydrogen-bond acceptors (Lipinski definition) is 0. The van der Waals surface area contributed by atoms with Crippen LogP contribution >= 0.6 is 7.92 Å². The zero-order valence-electron chi connectivity index (χ0n) is 20.3. The Morgan fingerprint density at radius 2 is 1.43 bits per heavy atom. The van der Waals surface area contributed by atoms with Crippen LogP contribution in [0.15, 0.2) is 115 Å². The smallest absolute Gasteiger partial charge is 1.00 e. The van der Waals surface area contributed by atoms with Crippen LogP contribution in [0.2, 0.25) is 0 Å². The maximum absolute atomic E-state index is 3.35. The molecule has 35 heavy (non-hydrogen) atoms. The van der Waals surface area contributed by atoms with Crippen molar-refractivity contribution < 1.29 is 35.6 Å². The van der Waals surface area contributed by atoms with Crippen LogP contribution in [-0.4, -0.2) is 0 Å². The molecule has 0 aromatic heterocycles. The number of allylic oxidation sites excluding steroid dienone is 4. The first-order valence-electron chi connectivity index (χ1n) is 11.6. The largest absolute Gasteiger partial charge is 4.00 e. The van der Waals surface area contributed by atoms with Crippen LogP contribution in [0.4, 0.5) is 0 Å². The van der Waals surface area contributed by atoms with E-state index < -0.39 is 7.92 Å². The summed E-state index contributed by atoms with van der Waals surface area (Å²) >= 11 is 0. The van der Waals surface area contributed by atoms with E-state index in [9.17, 15) is 0 Å². The maximum Gasteiger partial charge on any atom is 4.00 e. The van der Waals surface area contributed by atoms with Crippen LogP contribution in [-0.2, 0) is 26.2 Å². The first-order chi connectivity index (χ1) is 15.8. The number of rotatable bonds is 6. The quantitative estimate of drug-likeness (QED) is 0.246. The van der Waals surface area contributed by atoms with Gasteiger partial charge in [0.2, 0.25) is 0 Å². The summed E-state index contributed by atoms with van der Waals surface area (Å²) in [5.41, 5.74) is 1.42. The van der Waals surface area contributed by atoms with Gasteiger partial charge in [0, 0.05) is 0 Å². The Labute approximate surface area is 229 Å². The van der Waals surface area contributed by atoms with Gasteiger partial charge in [0.25, 0.3) is 0 Å². The second-order valence-electron chi connectivity index (χ2n) is 8.28. The van der Waals surface area contributed by atoms with Gasteiger partial charge in [-0.05, 0) is 25.0 Å². The molecule has 1 atom stereocenters. The van der Waals surface area contributed by atoms with Gasteiger partial charge >= 0.3 is 26.2 Å². The molecule has 1 aliphatic carbocycles. The molecule has 5 rings (SSSR count). The van der Waals surface area contributed by atoms with Gasteiger partial charge in [-0.2, -0.15) is 12.1 Å². The van der Waals surface area contributed by atoms with Crippen molar-refractivity contribution in [2.24, 2.45) is 5.92 Å². The molecule has 0 fully saturated rings. The van der Waals surface area contributed by atoms with E-state index in [1.807, 2.05) is 0 Å². The van der Waals surface area contributed by atoms with E-state index in [1.165, 1.54) is 45.1 Å². The van der Waals surface area contributed by atoms with Crippen molar-refractivity contribution in [2.45, 2.75) is 33.1 Å². The average Bonchev–Trinajstić information content (AvgIpc) is 3.52. The molecule has 0 amide bonds. The van der Waals surface area contributed by atoms with Crippen molar-refractivity contribution in [3.05, 3.63) is 121 Å². The van der Waals surface area contributed by atoms with Crippen LogP contribution in [0.1, 0.15) is 33.1 Å². The maximum atomic E-state index is 3.35. The molecular weight excluding hydrogens is 533 g/mol. The van der Waals surface area contributed by atoms with Crippen molar-refractivity contribution in [2.75, 3.05) is 0 Å². The third-order valence-corrected chi connectivity index (χ3v) is 8.27. The Balaban J connectivity index is 0.000000407. The predicted molar refractivity (Wildman–Crippen MR) is 143 cm³/mol. The van der Waals surface area contributed by atoms with E-state index in [2.05, 4.69) is 129 Å². The van der Waals surface area contributed by atoms with Crippen molar-refractivity contribution >= 4 is 34.6 Å². The second-order valence-corrected chi connectivity index (χ2v) is 10.5. The zero-order chi connectivity index (χ0) is 22.2. The molecule has 0 radical (unpaired) electrons. The molecule has 178 valence electrons. The van der Waals surface area contributed by atoms with E-state index in [0.29, 0.717) is 0 Å². The van der Waals surface area contributed by atoms with Crippen molar-refractivity contribution in [3.63, 3.8) is 0 Å². The summed E-state index contributed by atoms with van der Waals surface area (Å²) in [6.07, 6.45) is 11.3. The van der Waals surface area contributed by atoms with Gasteiger partial charge in [-0.3, -0.25) is 6.08 Å². The van der Waals surface area contributed by atoms with Gasteiger partial charge in [-0.1, -0.05) is 92.9 Å². The zero-order valence-corrected chi connectivity index (χ0v) is 23.6. The fraction of sp³-hybridized carbons (Fsp3) is 0.194. The molecular formula is C31H31F2PZr. The Hall–Kier alpha value is -2.08. The Bertz CT molecular complexity index is 1110. The number of fused-ring (bicyclic) bond motifs is 1. The van der Waals surface area contributed by atoms with Gasteiger partial charge in [0.15, 0.2) is 0 Å². The fourth-order valence-electron chi connectivity index (χ4n) is 4.21. The Kier molecular flexibility index (Phi) is 14.0. The first-order valence-corrected chi connectivity index (χ1v) is 12.9. The van der Waals surface area contributed by atoms with Crippen molar-refractivity contribution in [1.82, 2.24) is 0 Å². The standard InChI is InChI=1S/C21H16P.C10H15.2FH.Zr/c1-3-11-19(12-4-1)22(20-13-5-2-6-14-20)21-15-17-9-7-8-10-18(17)16-21;1-3-6-9(2)10-7-4-5-8-10;;;/h1-16H;4,7,9H,3,5-6H2,1-2H3;2*1H;/q2*-1;;;+4/p-2. The topological polar surface area (TPSA) is 0 Å². The number of benzene rings is 3. The Morgan fingerprint density at radius 1 is 0.857 bits per heavy atom. The molecule has 0 spiro atoms. The summed E-state index contributed by atoms with van der Waals surface area (Å²) in [4.78, 5) is 0. The molecule has 0 saturated heterocycles. The van der Waals surface area contributed by atoms with Crippen LogP contribution in [0, 0.1) is 12.0 Å². The minimum Gasteiger partial charge on any atom is -1.00 e. The summed E-state index contributed by atoms with van der Waals surface area (Å²) in [5.74, 6) is 0.726. The number of hydrogen-bond donors (Lipinski definition) is 0. The molecule has 0 saturated carbocycles. The Morgan fingerprint density at radius 3 is 1.94 bits per heavy atom. The minimum absolute atomic E-state index is 0. The van der Waals surface area contributed by atoms with Gasteiger partial charge in [-0.15, -0.1) is 46.8 Å². The number of halogens is 2. The average molecular weight is 564 g/mol. The molecule has 0 bridgehead atoms. The summed E-state index contributed by atoms with van der Waals surface area (Å²) in [6, 6.07) is 35.0. The van der Waals surface area contributed by atoms with E-state index in [1.54, 1.807) is 0 Å². The van der Waals surface area contributed by atoms with E-state index >= 15 is 0 Å². The van der Waals surface area contributed by atoms with E-state index in [4.69, 9.17) is 0 Å². The molecule has 4 aromatic rings. The molecule has 0 aliphatic heterocycles. The molecule has 0 N–H and O–H groups in total. The summed E-state index contributed by atoms with van der Waals surface area (Å²) in [7, 11) is -0.493. The molecule has 1 aliphatic rings. The van der Waals surface area contributed by atoms with Crippen molar-refractivity contribution in [1.29, 1.82) is 0 Å². The first kappa shape index (κ1) is 31.0. The van der Waals surface area contributed by atoms with E-state index in [0.717, 1.165) is 12.3 Å². The predicted octanol–water partition coefficient (Wildman–Crippen LogP) is 1.43. The molecule has 1 unspecified atom stereocenters. The van der Waals surface area contributed by atoms with Crippen LogP contribution in [0.25, 0.3) is 10.8 Å². The van der Waals surface area contributed by atoms with Gasteiger partial charge in [0.1, 0.15) is 0 Å². The van der Waals surface area contributed by atoms with Gasteiger partial charge in [0.05, 0.1) is 0 Å². The van der Waals surface area contributed by atoms with E-state index in [-0.39, 0.29) is 35.6 Å². The van der Waals surface area contributed by atoms with Crippen LogP contribution in [0.5, 0.6) is 0 Å². The minimum atomic E-state index is -0.493. The molecule has 4 aromatic carbocycles. The van der Waals surface area contributed by atoms with Crippen molar-refractivity contribution in [3.8, 4) is 0 Å². The summed E-state index contributed by atoms with van der Waals surface area (Å²) < 4.78 is 0. The third kappa shape index (κ3) is 8.23. The molecule has 0 heterocycles. The second kappa shape index (κ2) is 15.8. The van der Waals surface area contributed by atoms with Gasteiger partial charge in [-0.25, -0.2) is 11.6 Å². The molecule has 0 nitrogen and oxygen atoms in total. The van der Waals surface area contributed by atoms with Crippen LogP contribution in [0.3, 0.4) is 0 Å². The monoisotopic (exact) mass is 562 g/mol. The van der Waals surface area contributed by atoms with Gasteiger partial charge < -0.3 is 9.41 Å². The summed E-state index contributed by atoms with van der Waals surface area (Å²) in [5, 5.41) is 6.89. The van der Waals surface area contributed by atoms with Crippen LogP contribution < -0.4 is 25.3 Å². The SMILES string of the molecule is CCCC(C)C1=[C-]CC=C1.[F-].[F-].[Zr+4].c1ccc(P(c2ccccc2)c2cc3ccccc3[cH-]2)cc1. The third-order valence-electron chi connectivity index (χ3n) is 5.86.